The molecule has 0 radical (unpaired) electrons. The molecule has 0 aliphatic carbocycles. The first kappa shape index (κ1) is 29.0. The maximum atomic E-state index is 13.2. The molecule has 3 N–H and O–H groups in total. The molecular formula is C33H36N4O5. The minimum Gasteiger partial charge on any atom is -0.494 e. The zero-order valence-electron chi connectivity index (χ0n) is 24.4. The number of hydrogen-bond acceptors (Lipinski definition) is 6. The summed E-state index contributed by atoms with van der Waals surface area (Å²) in [5.41, 5.74) is 4.31. The van der Waals surface area contributed by atoms with Crippen LogP contribution in [0.5, 0.6) is 5.75 Å². The van der Waals surface area contributed by atoms with Crippen molar-refractivity contribution in [3.63, 3.8) is 0 Å². The number of nitrogens with zero attached hydrogens (tertiary/aromatic N) is 2. The molecule has 0 spiro atoms. The molecule has 0 atom stereocenters. The van der Waals surface area contributed by atoms with E-state index in [1.807, 2.05) is 63.4 Å². The van der Waals surface area contributed by atoms with E-state index in [0.29, 0.717) is 5.69 Å². The molecule has 9 nitrogen and oxygen atoms in total. The average Bonchev–Trinajstić information content (AvgIpc) is 2.97. The normalized spacial score (nSPS) is 14.0. The van der Waals surface area contributed by atoms with E-state index < -0.39 is 12.0 Å². The molecular weight excluding hydrogens is 532 g/mol. The first-order valence-electron chi connectivity index (χ1n) is 13.9. The number of carboxylic acids is 1. The number of methoxy groups -OCH3 is 1. The van der Waals surface area contributed by atoms with Gasteiger partial charge in [-0.05, 0) is 46.2 Å². The number of pyridine rings is 1. The number of urea groups is 1. The lowest BCUT2D eigenvalue weighted by Gasteiger charge is -2.26. The fraction of sp³-hybridized carbons (Fsp3) is 0.303. The molecule has 1 aliphatic rings. The second-order valence-electron chi connectivity index (χ2n) is 11.4. The summed E-state index contributed by atoms with van der Waals surface area (Å²) in [6.07, 6.45) is 1.89. The smallest absolute Gasteiger partial charge is 0.339 e. The fourth-order valence-corrected chi connectivity index (χ4v) is 5.13. The molecule has 2 amide bonds. The molecule has 42 heavy (non-hydrogen) atoms. The number of carboxylic acid groups (broad SMARTS) is 1. The molecule has 0 bridgehead atoms. The number of benzene rings is 3. The van der Waals surface area contributed by atoms with Gasteiger partial charge in [-0.2, -0.15) is 0 Å². The molecule has 0 saturated carbocycles. The van der Waals surface area contributed by atoms with Gasteiger partial charge in [-0.25, -0.2) is 9.59 Å². The maximum Gasteiger partial charge on any atom is 0.339 e. The predicted octanol–water partition coefficient (Wildman–Crippen LogP) is 6.38. The largest absolute Gasteiger partial charge is 0.494 e. The summed E-state index contributed by atoms with van der Waals surface area (Å²) >= 11 is 0. The van der Waals surface area contributed by atoms with Crippen molar-refractivity contribution < 1.29 is 24.2 Å². The van der Waals surface area contributed by atoms with Crippen LogP contribution in [0.3, 0.4) is 0 Å². The molecule has 1 aliphatic heterocycles. The maximum absolute atomic E-state index is 13.2. The predicted molar refractivity (Wildman–Crippen MR) is 165 cm³/mol. The monoisotopic (exact) mass is 568 g/mol. The number of morpholine rings is 1. The van der Waals surface area contributed by atoms with E-state index in [4.69, 9.17) is 14.5 Å². The van der Waals surface area contributed by atoms with Crippen molar-refractivity contribution in [1.29, 1.82) is 0 Å². The Morgan fingerprint density at radius 1 is 0.976 bits per heavy atom. The van der Waals surface area contributed by atoms with Gasteiger partial charge in [0.1, 0.15) is 5.56 Å². The first-order valence-corrected chi connectivity index (χ1v) is 13.9. The van der Waals surface area contributed by atoms with Gasteiger partial charge in [-0.1, -0.05) is 57.2 Å². The van der Waals surface area contributed by atoms with Crippen molar-refractivity contribution >= 4 is 34.1 Å². The van der Waals surface area contributed by atoms with Gasteiger partial charge in [0.25, 0.3) is 0 Å². The topological polar surface area (TPSA) is 113 Å². The summed E-state index contributed by atoms with van der Waals surface area (Å²) in [5.74, 6) is -1.04. The zero-order valence-corrected chi connectivity index (χ0v) is 24.4. The van der Waals surface area contributed by atoms with Crippen LogP contribution in [0.4, 0.5) is 16.2 Å². The Hall–Kier alpha value is -4.47. The van der Waals surface area contributed by atoms with Crippen LogP contribution in [-0.2, 0) is 16.7 Å². The van der Waals surface area contributed by atoms with Crippen LogP contribution < -0.4 is 15.4 Å². The number of hydrogen-bond donors (Lipinski definition) is 3. The number of amides is 2. The molecule has 4 aromatic rings. The van der Waals surface area contributed by atoms with E-state index in [1.165, 1.54) is 7.11 Å². The Morgan fingerprint density at radius 3 is 2.33 bits per heavy atom. The van der Waals surface area contributed by atoms with E-state index >= 15 is 0 Å². The van der Waals surface area contributed by atoms with E-state index in [-0.39, 0.29) is 22.4 Å². The van der Waals surface area contributed by atoms with Gasteiger partial charge in [0.2, 0.25) is 0 Å². The minimum absolute atomic E-state index is 0.0143. The second-order valence-corrected chi connectivity index (χ2v) is 11.4. The Bertz CT molecular complexity index is 1610. The van der Waals surface area contributed by atoms with E-state index in [0.717, 1.165) is 66.0 Å². The molecule has 9 heteroatoms. The molecule has 218 valence electrons. The number of aromatic carboxylic acids is 1. The molecule has 3 aromatic carbocycles. The number of aromatic nitrogens is 1. The number of rotatable bonds is 7. The molecule has 0 unspecified atom stereocenters. The van der Waals surface area contributed by atoms with Gasteiger partial charge >= 0.3 is 12.0 Å². The van der Waals surface area contributed by atoms with Crippen molar-refractivity contribution in [2.75, 3.05) is 44.0 Å². The fourth-order valence-electron chi connectivity index (χ4n) is 5.13. The third kappa shape index (κ3) is 6.37. The summed E-state index contributed by atoms with van der Waals surface area (Å²) < 4.78 is 10.8. The van der Waals surface area contributed by atoms with Crippen LogP contribution in [0.25, 0.3) is 21.9 Å². The van der Waals surface area contributed by atoms with Gasteiger partial charge in [0.15, 0.2) is 5.75 Å². The van der Waals surface area contributed by atoms with Crippen molar-refractivity contribution in [3.8, 4) is 16.9 Å². The molecule has 5 rings (SSSR count). The number of nitrogens with one attached hydrogen (secondary N) is 2. The summed E-state index contributed by atoms with van der Waals surface area (Å²) in [6.45, 7) is 10.0. The average molecular weight is 569 g/mol. The minimum atomic E-state index is -1.13. The number of fused-ring (bicyclic) bond motifs is 1. The number of ether oxygens (including phenoxy) is 2. The number of anilines is 2. The van der Waals surface area contributed by atoms with E-state index in [2.05, 4.69) is 27.7 Å². The van der Waals surface area contributed by atoms with Gasteiger partial charge in [0.05, 0.1) is 37.4 Å². The summed E-state index contributed by atoms with van der Waals surface area (Å²) in [6, 6.07) is 18.7. The Balaban J connectivity index is 1.40. The Morgan fingerprint density at radius 2 is 1.69 bits per heavy atom. The van der Waals surface area contributed by atoms with Gasteiger partial charge in [-0.3, -0.25) is 9.88 Å². The van der Waals surface area contributed by atoms with Crippen LogP contribution in [0.1, 0.15) is 42.4 Å². The van der Waals surface area contributed by atoms with Gasteiger partial charge in [0, 0.05) is 36.8 Å². The van der Waals surface area contributed by atoms with Crippen LogP contribution >= 0.6 is 0 Å². The molecule has 1 saturated heterocycles. The lowest BCUT2D eigenvalue weighted by molar-refractivity contribution is 0.0336. The first-order chi connectivity index (χ1) is 20.1. The third-order valence-electron chi connectivity index (χ3n) is 7.44. The van der Waals surface area contributed by atoms with E-state index in [1.54, 1.807) is 12.1 Å². The molecule has 2 heterocycles. The Labute approximate surface area is 245 Å². The molecule has 1 aromatic heterocycles. The summed E-state index contributed by atoms with van der Waals surface area (Å²) in [4.78, 5) is 32.3. The third-order valence-corrected chi connectivity index (χ3v) is 7.44. The zero-order chi connectivity index (χ0) is 29.9. The number of carbonyl (C=O) groups excluding carboxylic acids is 1. The van der Waals surface area contributed by atoms with Crippen molar-refractivity contribution in [2.45, 2.75) is 32.7 Å². The Kier molecular flexibility index (Phi) is 8.42. The SMILES string of the molecule is COc1c(NC(=O)Nc2ccc(-c3ccc(CN4CCOCC4)nc3)c3ccccc23)cc(C(C)(C)C)cc1C(=O)O. The summed E-state index contributed by atoms with van der Waals surface area (Å²) in [5, 5.41) is 17.4. The second kappa shape index (κ2) is 12.2. The highest BCUT2D eigenvalue weighted by Gasteiger charge is 2.24. The standard InChI is InChI=1S/C33H36N4O5/c1-33(2,3)22-17-27(31(38)39)30(41-4)29(18-22)36-32(40)35-28-12-11-24(25-7-5-6-8-26(25)28)21-9-10-23(34-19-21)20-37-13-15-42-16-14-37/h5-12,17-19H,13-16,20H2,1-4H3,(H,38,39)(H2,35,36,40). The van der Waals surface area contributed by atoms with Gasteiger partial charge in [-0.15, -0.1) is 0 Å². The lowest BCUT2D eigenvalue weighted by atomic mass is 9.85. The lowest BCUT2D eigenvalue weighted by Crippen LogP contribution is -2.35. The van der Waals surface area contributed by atoms with Crippen molar-refractivity contribution in [1.82, 2.24) is 9.88 Å². The highest BCUT2D eigenvalue weighted by molar-refractivity contribution is 6.10. The number of carbonyl (C=O) groups is 2. The van der Waals surface area contributed by atoms with E-state index in [9.17, 15) is 14.7 Å². The van der Waals surface area contributed by atoms with Crippen LogP contribution in [-0.4, -0.2) is 60.4 Å². The van der Waals surface area contributed by atoms with Crippen molar-refractivity contribution in [2.24, 2.45) is 0 Å². The van der Waals surface area contributed by atoms with Crippen molar-refractivity contribution in [3.05, 3.63) is 83.7 Å². The highest BCUT2D eigenvalue weighted by Crippen LogP contribution is 2.36. The van der Waals surface area contributed by atoms with Crippen LogP contribution in [0.15, 0.2) is 66.9 Å². The van der Waals surface area contributed by atoms with Crippen LogP contribution in [0, 0.1) is 0 Å². The summed E-state index contributed by atoms with van der Waals surface area (Å²) in [7, 11) is 1.39. The quantitative estimate of drug-likeness (QED) is 0.237. The highest BCUT2D eigenvalue weighted by atomic mass is 16.5. The van der Waals surface area contributed by atoms with Crippen LogP contribution in [0.2, 0.25) is 0 Å². The van der Waals surface area contributed by atoms with Gasteiger partial charge < -0.3 is 25.2 Å². The molecule has 1 fully saturated rings.